The van der Waals surface area contributed by atoms with Crippen LogP contribution in [0.5, 0.6) is 0 Å². The van der Waals surface area contributed by atoms with Gasteiger partial charge >= 0.3 is 5.97 Å². The summed E-state index contributed by atoms with van der Waals surface area (Å²) in [5, 5.41) is 9.91. The number of aromatic nitrogens is 1. The number of nitrogens with zero attached hydrogens (tertiary/aromatic N) is 2. The van der Waals surface area contributed by atoms with Gasteiger partial charge in [0.1, 0.15) is 6.07 Å². The molecule has 0 unspecified atom stereocenters. The molecule has 0 atom stereocenters. The highest BCUT2D eigenvalue weighted by Gasteiger charge is 2.23. The van der Waals surface area contributed by atoms with Gasteiger partial charge in [0.05, 0.1) is 29.1 Å². The number of hydrogen-bond donors (Lipinski definition) is 1. The maximum absolute atomic E-state index is 11.9. The summed E-state index contributed by atoms with van der Waals surface area (Å²) in [5.41, 5.74) is 7.37. The second kappa shape index (κ2) is 5.68. The standard InChI is InChI=1S/C14H11Cl2N3O2/c1-7-3-11(10(16)4-9(7)15)19-6-8(5-17)12(18)13(19)14(20)21-2/h3-4,6H,18H2,1-2H3. The largest absolute Gasteiger partial charge is 0.464 e. The van der Waals surface area contributed by atoms with Crippen LogP contribution < -0.4 is 5.73 Å². The Balaban J connectivity index is 2.78. The van der Waals surface area contributed by atoms with Crippen LogP contribution in [0.3, 0.4) is 0 Å². The molecule has 0 bridgehead atoms. The number of carbonyl (C=O) groups excluding carboxylic acids is 1. The van der Waals surface area contributed by atoms with E-state index in [2.05, 4.69) is 0 Å². The van der Waals surface area contributed by atoms with Gasteiger partial charge in [-0.2, -0.15) is 5.26 Å². The highest BCUT2D eigenvalue weighted by molar-refractivity contribution is 6.36. The first-order chi connectivity index (χ1) is 9.90. The minimum Gasteiger partial charge on any atom is -0.464 e. The smallest absolute Gasteiger partial charge is 0.357 e. The number of hydrogen-bond acceptors (Lipinski definition) is 4. The fourth-order valence-corrected chi connectivity index (χ4v) is 2.41. The van der Waals surface area contributed by atoms with E-state index in [1.165, 1.54) is 17.9 Å². The van der Waals surface area contributed by atoms with Crippen LogP contribution in [-0.4, -0.2) is 17.6 Å². The van der Waals surface area contributed by atoms with Crippen LogP contribution >= 0.6 is 23.2 Å². The fourth-order valence-electron chi connectivity index (χ4n) is 1.93. The molecule has 0 aliphatic rings. The fraction of sp³-hybridized carbons (Fsp3) is 0.143. The van der Waals surface area contributed by atoms with Gasteiger partial charge in [0, 0.05) is 11.2 Å². The summed E-state index contributed by atoms with van der Waals surface area (Å²) in [7, 11) is 1.24. The van der Waals surface area contributed by atoms with Crippen molar-refractivity contribution in [2.24, 2.45) is 0 Å². The molecule has 2 rings (SSSR count). The Bertz CT molecular complexity index is 776. The maximum Gasteiger partial charge on any atom is 0.357 e. The molecule has 0 spiro atoms. The van der Waals surface area contributed by atoms with E-state index in [1.54, 1.807) is 19.1 Å². The van der Waals surface area contributed by atoms with Crippen molar-refractivity contribution < 1.29 is 9.53 Å². The molecule has 2 aromatic rings. The molecule has 0 aliphatic carbocycles. The summed E-state index contributed by atoms with van der Waals surface area (Å²) in [4.78, 5) is 11.9. The third-order valence-corrected chi connectivity index (χ3v) is 3.74. The number of nitrogens with two attached hydrogens (primary N) is 1. The maximum atomic E-state index is 11.9. The first-order valence-corrected chi connectivity index (χ1v) is 6.61. The predicted molar refractivity (Wildman–Crippen MR) is 81.0 cm³/mol. The lowest BCUT2D eigenvalue weighted by atomic mass is 10.2. The van der Waals surface area contributed by atoms with E-state index in [4.69, 9.17) is 38.9 Å². The minimum atomic E-state index is -0.655. The van der Waals surface area contributed by atoms with Crippen LogP contribution in [0.25, 0.3) is 5.69 Å². The van der Waals surface area contributed by atoms with Crippen LogP contribution in [0.4, 0.5) is 5.69 Å². The number of benzene rings is 1. The Morgan fingerprint density at radius 3 is 2.62 bits per heavy atom. The molecule has 0 saturated carbocycles. The summed E-state index contributed by atoms with van der Waals surface area (Å²) in [6.07, 6.45) is 1.44. The molecule has 1 heterocycles. The number of anilines is 1. The summed E-state index contributed by atoms with van der Waals surface area (Å²) < 4.78 is 6.15. The van der Waals surface area contributed by atoms with E-state index in [0.717, 1.165) is 5.56 Å². The molecule has 108 valence electrons. The highest BCUT2D eigenvalue weighted by atomic mass is 35.5. The van der Waals surface area contributed by atoms with E-state index < -0.39 is 5.97 Å². The van der Waals surface area contributed by atoms with Gasteiger partial charge in [-0.3, -0.25) is 0 Å². The molecular weight excluding hydrogens is 313 g/mol. The lowest BCUT2D eigenvalue weighted by molar-refractivity contribution is 0.0593. The molecule has 0 amide bonds. The average Bonchev–Trinajstić information content (AvgIpc) is 2.78. The highest BCUT2D eigenvalue weighted by Crippen LogP contribution is 2.32. The number of rotatable bonds is 2. The zero-order valence-corrected chi connectivity index (χ0v) is 12.8. The van der Waals surface area contributed by atoms with E-state index >= 15 is 0 Å². The van der Waals surface area contributed by atoms with Crippen molar-refractivity contribution in [2.45, 2.75) is 6.92 Å². The minimum absolute atomic E-state index is 0.0491. The SMILES string of the molecule is COC(=O)c1c(N)c(C#N)cn1-c1cc(C)c(Cl)cc1Cl. The van der Waals surface area contributed by atoms with E-state index in [0.29, 0.717) is 15.7 Å². The zero-order valence-electron chi connectivity index (χ0n) is 11.3. The van der Waals surface area contributed by atoms with Crippen molar-refractivity contribution in [2.75, 3.05) is 12.8 Å². The number of ether oxygens (including phenoxy) is 1. The van der Waals surface area contributed by atoms with Gasteiger partial charge in [-0.25, -0.2) is 4.79 Å². The van der Waals surface area contributed by atoms with Crippen molar-refractivity contribution in [1.82, 2.24) is 4.57 Å². The van der Waals surface area contributed by atoms with Crippen molar-refractivity contribution in [3.05, 3.63) is 45.2 Å². The first kappa shape index (κ1) is 15.2. The molecule has 21 heavy (non-hydrogen) atoms. The number of carbonyl (C=O) groups is 1. The second-order valence-electron chi connectivity index (χ2n) is 4.33. The Morgan fingerprint density at radius 2 is 2.05 bits per heavy atom. The monoisotopic (exact) mass is 323 g/mol. The number of esters is 1. The molecule has 0 fully saturated rings. The Kier molecular flexibility index (Phi) is 4.12. The molecule has 0 saturated heterocycles. The van der Waals surface area contributed by atoms with Gasteiger partial charge in [-0.05, 0) is 24.6 Å². The Labute approximate surface area is 131 Å². The molecule has 0 radical (unpaired) electrons. The van der Waals surface area contributed by atoms with Crippen molar-refractivity contribution in [3.8, 4) is 11.8 Å². The first-order valence-electron chi connectivity index (χ1n) is 5.86. The molecule has 5 nitrogen and oxygen atoms in total. The second-order valence-corrected chi connectivity index (χ2v) is 5.15. The number of halogens is 2. The molecule has 0 aliphatic heterocycles. The van der Waals surface area contributed by atoms with Crippen LogP contribution in [0.15, 0.2) is 18.3 Å². The summed E-state index contributed by atoms with van der Waals surface area (Å²) in [5.74, 6) is -0.655. The zero-order chi connectivity index (χ0) is 15.7. The van der Waals surface area contributed by atoms with Crippen LogP contribution in [0.2, 0.25) is 10.0 Å². The third-order valence-electron chi connectivity index (χ3n) is 3.03. The lowest BCUT2D eigenvalue weighted by Crippen LogP contribution is -2.11. The lowest BCUT2D eigenvalue weighted by Gasteiger charge is -2.12. The molecule has 7 heteroatoms. The van der Waals surface area contributed by atoms with Crippen LogP contribution in [0, 0.1) is 18.3 Å². The summed E-state index contributed by atoms with van der Waals surface area (Å²) in [6.45, 7) is 1.80. The van der Waals surface area contributed by atoms with E-state index in [1.807, 2.05) is 6.07 Å². The van der Waals surface area contributed by atoms with Gasteiger partial charge in [0.2, 0.25) is 0 Å². The summed E-state index contributed by atoms with van der Waals surface area (Å²) >= 11 is 12.2. The number of aryl methyl sites for hydroxylation is 1. The molecule has 1 aromatic carbocycles. The number of methoxy groups -OCH3 is 1. The third kappa shape index (κ3) is 2.56. The van der Waals surface area contributed by atoms with Gasteiger partial charge < -0.3 is 15.0 Å². The predicted octanol–water partition coefficient (Wildman–Crippen LogP) is 3.33. The topological polar surface area (TPSA) is 81.0 Å². The van der Waals surface area contributed by atoms with Crippen molar-refractivity contribution in [3.63, 3.8) is 0 Å². The van der Waals surface area contributed by atoms with E-state index in [9.17, 15) is 4.79 Å². The molecule has 2 N–H and O–H groups in total. The van der Waals surface area contributed by atoms with Gasteiger partial charge in [0.15, 0.2) is 5.69 Å². The van der Waals surface area contributed by atoms with E-state index in [-0.39, 0.29) is 16.9 Å². The summed E-state index contributed by atoms with van der Waals surface area (Å²) in [6, 6.07) is 5.20. The van der Waals surface area contributed by atoms with Gasteiger partial charge in [-0.1, -0.05) is 23.2 Å². The molecular formula is C14H11Cl2N3O2. The average molecular weight is 324 g/mol. The van der Waals surface area contributed by atoms with Crippen molar-refractivity contribution in [1.29, 1.82) is 5.26 Å². The van der Waals surface area contributed by atoms with Gasteiger partial charge in [0.25, 0.3) is 0 Å². The normalized spacial score (nSPS) is 10.2. The van der Waals surface area contributed by atoms with Crippen LogP contribution in [0.1, 0.15) is 21.6 Å². The van der Waals surface area contributed by atoms with Crippen molar-refractivity contribution >= 4 is 34.9 Å². The quantitative estimate of drug-likeness (QED) is 0.859. The Hall–Kier alpha value is -2.16. The number of nitriles is 1. The molecule has 1 aromatic heterocycles. The van der Waals surface area contributed by atoms with Gasteiger partial charge in [-0.15, -0.1) is 0 Å². The Morgan fingerprint density at radius 1 is 1.38 bits per heavy atom. The number of nitrogen functional groups attached to an aromatic ring is 1. The van der Waals surface area contributed by atoms with Crippen LogP contribution in [-0.2, 0) is 4.74 Å².